The Balaban J connectivity index is 1.59. The molecule has 1 atom stereocenters. The third-order valence-electron chi connectivity index (χ3n) is 5.65. The average Bonchev–Trinajstić information content (AvgIpc) is 2.74. The van der Waals surface area contributed by atoms with Gasteiger partial charge < -0.3 is 9.64 Å². The van der Waals surface area contributed by atoms with Crippen LogP contribution in [0.3, 0.4) is 0 Å². The molecule has 1 saturated heterocycles. The van der Waals surface area contributed by atoms with Gasteiger partial charge in [-0.1, -0.05) is 60.2 Å². The van der Waals surface area contributed by atoms with Crippen LogP contribution in [0.4, 0.5) is 0 Å². The van der Waals surface area contributed by atoms with Crippen molar-refractivity contribution in [2.75, 3.05) is 32.8 Å². The van der Waals surface area contributed by atoms with Crippen molar-refractivity contribution in [3.63, 3.8) is 0 Å². The number of carbonyl (C=O) groups is 1. The Morgan fingerprint density at radius 3 is 2.41 bits per heavy atom. The normalized spacial score (nSPS) is 15.8. The molecule has 2 aromatic rings. The van der Waals surface area contributed by atoms with Gasteiger partial charge in [-0.25, -0.2) is 0 Å². The van der Waals surface area contributed by atoms with E-state index in [2.05, 4.69) is 60.0 Å². The first-order valence-electron chi connectivity index (χ1n) is 10.8. The maximum Gasteiger partial charge on any atom is 0.223 e. The van der Waals surface area contributed by atoms with E-state index in [0.717, 1.165) is 45.7 Å². The van der Waals surface area contributed by atoms with E-state index in [0.29, 0.717) is 13.0 Å². The van der Waals surface area contributed by atoms with Crippen LogP contribution in [0.25, 0.3) is 0 Å². The monoisotopic (exact) mass is 394 g/mol. The van der Waals surface area contributed by atoms with Crippen LogP contribution < -0.4 is 0 Å². The summed E-state index contributed by atoms with van der Waals surface area (Å²) in [6.07, 6.45) is 2.43. The van der Waals surface area contributed by atoms with Crippen molar-refractivity contribution in [3.05, 3.63) is 71.3 Å². The predicted molar refractivity (Wildman–Crippen MR) is 118 cm³/mol. The minimum Gasteiger partial charge on any atom is -0.379 e. The molecule has 0 aliphatic carbocycles. The van der Waals surface area contributed by atoms with Gasteiger partial charge >= 0.3 is 0 Å². The fraction of sp³-hybridized carbons (Fsp3) is 0.480. The van der Waals surface area contributed by atoms with Crippen molar-refractivity contribution in [1.82, 2.24) is 9.80 Å². The number of morpholine rings is 1. The summed E-state index contributed by atoms with van der Waals surface area (Å²) in [4.78, 5) is 17.6. The number of hydrogen-bond acceptors (Lipinski definition) is 3. The summed E-state index contributed by atoms with van der Waals surface area (Å²) in [6.45, 7) is 9.33. The van der Waals surface area contributed by atoms with Gasteiger partial charge in [0, 0.05) is 38.6 Å². The maximum absolute atomic E-state index is 13.2. The standard InChI is InChI=1S/C25H34N2O2/c1-21-11-13-23(14-12-21)9-6-10-25(28)27(20-24-7-4-3-5-8-24)22(2)19-26-15-17-29-18-16-26/h3-5,7-8,11-14,22H,6,9-10,15-20H2,1-2H3. The zero-order chi connectivity index (χ0) is 20.5. The number of hydrogen-bond donors (Lipinski definition) is 0. The molecule has 1 fully saturated rings. The Kier molecular flexibility index (Phi) is 8.26. The molecule has 0 aromatic heterocycles. The molecule has 0 spiro atoms. The Morgan fingerprint density at radius 2 is 1.72 bits per heavy atom. The molecule has 29 heavy (non-hydrogen) atoms. The minimum atomic E-state index is 0.181. The SMILES string of the molecule is Cc1ccc(CCCC(=O)N(Cc2ccccc2)C(C)CN2CCOCC2)cc1. The average molecular weight is 395 g/mol. The van der Waals surface area contributed by atoms with E-state index in [1.165, 1.54) is 16.7 Å². The lowest BCUT2D eigenvalue weighted by Gasteiger charge is -2.35. The number of amides is 1. The van der Waals surface area contributed by atoms with Gasteiger partial charge in [0.15, 0.2) is 0 Å². The van der Waals surface area contributed by atoms with Gasteiger partial charge in [-0.15, -0.1) is 0 Å². The van der Waals surface area contributed by atoms with E-state index in [4.69, 9.17) is 4.74 Å². The van der Waals surface area contributed by atoms with Crippen LogP contribution >= 0.6 is 0 Å². The first-order chi connectivity index (χ1) is 14.1. The van der Waals surface area contributed by atoms with Gasteiger partial charge in [0.05, 0.1) is 13.2 Å². The number of benzene rings is 2. The molecule has 1 amide bonds. The van der Waals surface area contributed by atoms with Crippen molar-refractivity contribution < 1.29 is 9.53 Å². The summed E-state index contributed by atoms with van der Waals surface area (Å²) < 4.78 is 5.47. The smallest absolute Gasteiger partial charge is 0.223 e. The van der Waals surface area contributed by atoms with Gasteiger partial charge in [-0.3, -0.25) is 9.69 Å². The first-order valence-corrected chi connectivity index (χ1v) is 10.8. The number of ether oxygens (including phenoxy) is 1. The summed E-state index contributed by atoms with van der Waals surface area (Å²) in [5.74, 6) is 0.252. The van der Waals surface area contributed by atoms with Gasteiger partial charge in [-0.2, -0.15) is 0 Å². The fourth-order valence-corrected chi connectivity index (χ4v) is 3.87. The van der Waals surface area contributed by atoms with Gasteiger partial charge in [0.25, 0.3) is 0 Å². The van der Waals surface area contributed by atoms with E-state index in [1.54, 1.807) is 0 Å². The summed E-state index contributed by atoms with van der Waals surface area (Å²) in [5, 5.41) is 0. The lowest BCUT2D eigenvalue weighted by atomic mass is 10.1. The van der Waals surface area contributed by atoms with E-state index in [9.17, 15) is 4.79 Å². The molecular weight excluding hydrogens is 360 g/mol. The van der Waals surface area contributed by atoms with Crippen molar-refractivity contribution in [3.8, 4) is 0 Å². The Bertz CT molecular complexity index is 739. The Morgan fingerprint density at radius 1 is 1.03 bits per heavy atom. The fourth-order valence-electron chi connectivity index (χ4n) is 3.87. The van der Waals surface area contributed by atoms with E-state index < -0.39 is 0 Å². The van der Waals surface area contributed by atoms with Crippen molar-refractivity contribution in [1.29, 1.82) is 0 Å². The minimum absolute atomic E-state index is 0.181. The highest BCUT2D eigenvalue weighted by Gasteiger charge is 2.23. The van der Waals surface area contributed by atoms with Crippen LogP contribution in [-0.2, 0) is 22.5 Å². The van der Waals surface area contributed by atoms with Crippen LogP contribution in [0.1, 0.15) is 36.5 Å². The molecule has 2 aromatic carbocycles. The van der Waals surface area contributed by atoms with Gasteiger partial charge in [-0.05, 0) is 37.8 Å². The highest BCUT2D eigenvalue weighted by atomic mass is 16.5. The maximum atomic E-state index is 13.2. The zero-order valence-corrected chi connectivity index (χ0v) is 17.8. The van der Waals surface area contributed by atoms with E-state index in [1.807, 2.05) is 18.2 Å². The number of carbonyl (C=O) groups excluding carboxylic acids is 1. The quantitative estimate of drug-likeness (QED) is 0.643. The molecule has 4 heteroatoms. The molecule has 1 heterocycles. The topological polar surface area (TPSA) is 32.8 Å². The summed E-state index contributed by atoms with van der Waals surface area (Å²) >= 11 is 0. The molecule has 1 aliphatic rings. The van der Waals surface area contributed by atoms with E-state index >= 15 is 0 Å². The van der Waals surface area contributed by atoms with Crippen molar-refractivity contribution >= 4 is 5.91 Å². The molecule has 0 saturated carbocycles. The third-order valence-corrected chi connectivity index (χ3v) is 5.65. The molecule has 1 unspecified atom stereocenters. The Labute approximate surface area is 175 Å². The molecule has 156 valence electrons. The largest absolute Gasteiger partial charge is 0.379 e. The lowest BCUT2D eigenvalue weighted by Crippen LogP contribution is -2.47. The summed E-state index contributed by atoms with van der Waals surface area (Å²) in [5.41, 5.74) is 3.77. The van der Waals surface area contributed by atoms with Crippen LogP contribution in [-0.4, -0.2) is 54.6 Å². The highest BCUT2D eigenvalue weighted by molar-refractivity contribution is 5.76. The van der Waals surface area contributed by atoms with Crippen molar-refractivity contribution in [2.45, 2.75) is 45.7 Å². The molecule has 4 nitrogen and oxygen atoms in total. The molecule has 1 aliphatic heterocycles. The number of rotatable bonds is 9. The van der Waals surface area contributed by atoms with Crippen LogP contribution in [0.15, 0.2) is 54.6 Å². The van der Waals surface area contributed by atoms with Gasteiger partial charge in [0.1, 0.15) is 0 Å². The predicted octanol–water partition coefficient (Wildman–Crippen LogP) is 4.07. The Hall–Kier alpha value is -2.17. The molecule has 0 bridgehead atoms. The molecule has 0 N–H and O–H groups in total. The molecular formula is C25H34N2O2. The van der Waals surface area contributed by atoms with Crippen LogP contribution in [0, 0.1) is 6.92 Å². The highest BCUT2D eigenvalue weighted by Crippen LogP contribution is 2.15. The van der Waals surface area contributed by atoms with Crippen molar-refractivity contribution in [2.24, 2.45) is 0 Å². The second-order valence-electron chi connectivity index (χ2n) is 8.11. The second kappa shape index (κ2) is 11.1. The third kappa shape index (κ3) is 6.98. The summed E-state index contributed by atoms with van der Waals surface area (Å²) in [6, 6.07) is 19.1. The molecule has 3 rings (SSSR count). The second-order valence-corrected chi connectivity index (χ2v) is 8.11. The number of nitrogens with zero attached hydrogens (tertiary/aromatic N) is 2. The zero-order valence-electron chi connectivity index (χ0n) is 17.8. The molecule has 0 radical (unpaired) electrons. The van der Waals surface area contributed by atoms with Crippen LogP contribution in [0.2, 0.25) is 0 Å². The summed E-state index contributed by atoms with van der Waals surface area (Å²) in [7, 11) is 0. The van der Waals surface area contributed by atoms with Gasteiger partial charge in [0.2, 0.25) is 5.91 Å². The van der Waals surface area contributed by atoms with Crippen LogP contribution in [0.5, 0.6) is 0 Å². The lowest BCUT2D eigenvalue weighted by molar-refractivity contribution is -0.134. The first kappa shape index (κ1) is 21.5. The number of aryl methyl sites for hydroxylation is 2. The van der Waals surface area contributed by atoms with E-state index in [-0.39, 0.29) is 11.9 Å².